The number of carbonyl (C=O) groups excluding carboxylic acids is 1. The number of rotatable bonds is 7. The van der Waals surface area contributed by atoms with E-state index in [0.29, 0.717) is 44.8 Å². The summed E-state index contributed by atoms with van der Waals surface area (Å²) in [6.07, 6.45) is -0.341. The van der Waals surface area contributed by atoms with E-state index in [2.05, 4.69) is 6.07 Å². The molecular weight excluding hydrogens is 496 g/mol. The second-order valence-electron chi connectivity index (χ2n) is 10.8. The van der Waals surface area contributed by atoms with Crippen molar-refractivity contribution in [3.8, 4) is 11.8 Å². The molecule has 2 aromatic carbocycles. The average molecular weight is 530 g/mol. The summed E-state index contributed by atoms with van der Waals surface area (Å²) < 4.78 is 51.3. The lowest BCUT2D eigenvalue weighted by Crippen LogP contribution is -2.65. The maximum atomic E-state index is 14.7. The minimum absolute atomic E-state index is 0.0974. The van der Waals surface area contributed by atoms with Crippen LogP contribution in [0.4, 0.5) is 19.3 Å². The van der Waals surface area contributed by atoms with Gasteiger partial charge in [0.2, 0.25) is 5.82 Å². The van der Waals surface area contributed by atoms with Crippen molar-refractivity contribution in [2.75, 3.05) is 44.9 Å². The maximum Gasteiger partial charge on any atom is 0.410 e. The Labute approximate surface area is 221 Å². The lowest BCUT2D eigenvalue weighted by atomic mass is 9.81. The molecule has 0 aromatic heterocycles. The van der Waals surface area contributed by atoms with Gasteiger partial charge in [-0.2, -0.15) is 9.65 Å². The number of methoxy groups -OCH3 is 1. The molecule has 204 valence electrons. The Bertz CT molecular complexity index is 1180. The molecule has 2 aliphatic heterocycles. The third kappa shape index (κ3) is 6.34. The highest BCUT2D eigenvalue weighted by Crippen LogP contribution is 2.36. The average Bonchev–Trinajstić information content (AvgIpc) is 2.87. The van der Waals surface area contributed by atoms with Crippen LogP contribution in [0.3, 0.4) is 0 Å². The van der Waals surface area contributed by atoms with Crippen LogP contribution < -0.4 is 9.64 Å². The number of halogens is 2. The summed E-state index contributed by atoms with van der Waals surface area (Å²) in [5.74, 6) is -2.15. The molecule has 0 unspecified atom stereocenters. The fourth-order valence-corrected chi connectivity index (χ4v) is 4.56. The molecule has 10 heteroatoms. The number of likely N-dealkylation sites (tertiary alicyclic amines) is 1. The third-order valence-electron chi connectivity index (χ3n) is 6.56. The van der Waals surface area contributed by atoms with Gasteiger partial charge in [0.05, 0.1) is 37.4 Å². The van der Waals surface area contributed by atoms with Gasteiger partial charge >= 0.3 is 6.09 Å². The van der Waals surface area contributed by atoms with Crippen LogP contribution in [0.1, 0.15) is 38.3 Å². The topological polar surface area (TPSA) is 84.3 Å². The van der Waals surface area contributed by atoms with Crippen LogP contribution in [0.15, 0.2) is 36.4 Å². The van der Waals surface area contributed by atoms with Gasteiger partial charge in [0, 0.05) is 43.9 Å². The summed E-state index contributed by atoms with van der Waals surface area (Å²) in [7, 11) is 1.29. The highest BCUT2D eigenvalue weighted by Gasteiger charge is 2.49. The van der Waals surface area contributed by atoms with Gasteiger partial charge in [-0.25, -0.2) is 9.18 Å². The van der Waals surface area contributed by atoms with E-state index < -0.39 is 23.5 Å². The molecule has 2 aliphatic rings. The van der Waals surface area contributed by atoms with Crippen LogP contribution in [0, 0.1) is 28.4 Å². The van der Waals surface area contributed by atoms with E-state index in [4.69, 9.17) is 24.2 Å². The summed E-state index contributed by atoms with van der Waals surface area (Å²) in [6.45, 7) is 7.94. The summed E-state index contributed by atoms with van der Waals surface area (Å²) >= 11 is 0. The normalized spacial score (nSPS) is 17.0. The van der Waals surface area contributed by atoms with Crippen LogP contribution >= 0.6 is 0 Å². The molecule has 2 fully saturated rings. The molecule has 0 bridgehead atoms. The second kappa shape index (κ2) is 11.1. The van der Waals surface area contributed by atoms with E-state index in [1.807, 2.05) is 25.7 Å². The first-order valence-electron chi connectivity index (χ1n) is 12.5. The standard InChI is InChI=1S/C28H33F2N3O5/c1-27(2,3)38-26(34)33-15-28(16-33)17-36-23(37-18-28)11-12-32(21-8-5-19(13-31)6-9-21)14-20-7-10-22(35-4)25(30)24(20)29/h5-10,23H,11-12,14-18H2,1-4H3. The predicted octanol–water partition coefficient (Wildman–Crippen LogP) is 4.85. The number of hydrogen-bond acceptors (Lipinski definition) is 7. The van der Waals surface area contributed by atoms with Crippen LogP contribution in [0.2, 0.25) is 0 Å². The number of amides is 1. The van der Waals surface area contributed by atoms with Gasteiger partial charge in [-0.05, 0) is 51.1 Å². The van der Waals surface area contributed by atoms with Crippen molar-refractivity contribution in [1.29, 1.82) is 5.26 Å². The fraction of sp³-hybridized carbons (Fsp3) is 0.500. The van der Waals surface area contributed by atoms with Crippen molar-refractivity contribution < 1.29 is 32.5 Å². The molecule has 2 saturated heterocycles. The molecule has 0 atom stereocenters. The lowest BCUT2D eigenvalue weighted by Gasteiger charge is -2.52. The first kappa shape index (κ1) is 27.6. The largest absolute Gasteiger partial charge is 0.494 e. The number of ether oxygens (including phenoxy) is 4. The zero-order valence-corrected chi connectivity index (χ0v) is 22.1. The molecule has 2 aromatic rings. The monoisotopic (exact) mass is 529 g/mol. The third-order valence-corrected chi connectivity index (χ3v) is 6.56. The minimum Gasteiger partial charge on any atom is -0.494 e. The van der Waals surface area contributed by atoms with E-state index in [1.54, 1.807) is 29.2 Å². The van der Waals surface area contributed by atoms with E-state index >= 15 is 0 Å². The molecule has 1 spiro atoms. The zero-order valence-electron chi connectivity index (χ0n) is 22.1. The van der Waals surface area contributed by atoms with Gasteiger partial charge in [-0.15, -0.1) is 0 Å². The number of benzene rings is 2. The van der Waals surface area contributed by atoms with Gasteiger partial charge in [-0.1, -0.05) is 6.07 Å². The van der Waals surface area contributed by atoms with Crippen molar-refractivity contribution in [1.82, 2.24) is 4.90 Å². The van der Waals surface area contributed by atoms with Gasteiger partial charge < -0.3 is 28.7 Å². The van der Waals surface area contributed by atoms with Crippen LogP contribution in [-0.2, 0) is 20.8 Å². The molecule has 4 rings (SSSR count). The van der Waals surface area contributed by atoms with Gasteiger partial charge in [0.15, 0.2) is 17.9 Å². The number of carbonyl (C=O) groups is 1. The van der Waals surface area contributed by atoms with E-state index in [9.17, 15) is 13.6 Å². The molecule has 0 N–H and O–H groups in total. The van der Waals surface area contributed by atoms with E-state index in [0.717, 1.165) is 5.69 Å². The highest BCUT2D eigenvalue weighted by atomic mass is 19.2. The van der Waals surface area contributed by atoms with E-state index in [-0.39, 0.29) is 29.4 Å². The molecular formula is C28H33F2N3O5. The molecule has 38 heavy (non-hydrogen) atoms. The Morgan fingerprint density at radius 2 is 1.79 bits per heavy atom. The smallest absolute Gasteiger partial charge is 0.410 e. The van der Waals surface area contributed by atoms with Crippen LogP contribution in [0.25, 0.3) is 0 Å². The van der Waals surface area contributed by atoms with Crippen molar-refractivity contribution in [2.24, 2.45) is 5.41 Å². The molecule has 8 nitrogen and oxygen atoms in total. The van der Waals surface area contributed by atoms with Crippen molar-refractivity contribution in [3.63, 3.8) is 0 Å². The summed E-state index contributed by atoms with van der Waals surface area (Å²) in [4.78, 5) is 15.8. The van der Waals surface area contributed by atoms with Crippen LogP contribution in [-0.4, -0.2) is 62.8 Å². The number of nitriles is 1. The lowest BCUT2D eigenvalue weighted by molar-refractivity contribution is -0.254. The van der Waals surface area contributed by atoms with Gasteiger partial charge in [0.1, 0.15) is 5.60 Å². The Kier molecular flexibility index (Phi) is 8.09. The van der Waals surface area contributed by atoms with Crippen molar-refractivity contribution >= 4 is 11.8 Å². The summed E-state index contributed by atoms with van der Waals surface area (Å²) in [5, 5.41) is 9.13. The quantitative estimate of drug-likeness (QED) is 0.507. The van der Waals surface area contributed by atoms with Gasteiger partial charge in [-0.3, -0.25) is 0 Å². The molecule has 0 aliphatic carbocycles. The molecule has 0 radical (unpaired) electrons. The number of nitrogens with zero attached hydrogens (tertiary/aromatic N) is 3. The molecule has 2 heterocycles. The maximum absolute atomic E-state index is 14.7. The SMILES string of the molecule is COc1ccc(CN(CCC2OCC3(CO2)CN(C(=O)OC(C)(C)C)C3)c2ccc(C#N)cc2)c(F)c1F. The van der Waals surface area contributed by atoms with Crippen molar-refractivity contribution in [2.45, 2.75) is 45.6 Å². The first-order chi connectivity index (χ1) is 18.0. The molecule has 0 saturated carbocycles. The zero-order chi connectivity index (χ0) is 27.5. The predicted molar refractivity (Wildman–Crippen MR) is 136 cm³/mol. The van der Waals surface area contributed by atoms with E-state index in [1.165, 1.54) is 19.2 Å². The minimum atomic E-state index is -1.03. The Morgan fingerprint density at radius 3 is 2.37 bits per heavy atom. The van der Waals surface area contributed by atoms with Gasteiger partial charge in [0.25, 0.3) is 0 Å². The number of anilines is 1. The Morgan fingerprint density at radius 1 is 1.13 bits per heavy atom. The Hall–Kier alpha value is -3.42. The summed E-state index contributed by atoms with van der Waals surface area (Å²) in [6, 6.07) is 11.9. The first-order valence-corrected chi connectivity index (χ1v) is 12.5. The molecule has 1 amide bonds. The fourth-order valence-electron chi connectivity index (χ4n) is 4.56. The second-order valence-corrected chi connectivity index (χ2v) is 10.8. The Balaban J connectivity index is 1.37. The van der Waals surface area contributed by atoms with Crippen LogP contribution in [0.5, 0.6) is 5.75 Å². The van der Waals surface area contributed by atoms with Crippen molar-refractivity contribution in [3.05, 3.63) is 59.2 Å². The number of hydrogen-bond donors (Lipinski definition) is 0. The highest BCUT2D eigenvalue weighted by molar-refractivity contribution is 5.69. The summed E-state index contributed by atoms with van der Waals surface area (Å²) in [5.41, 5.74) is 0.628.